The van der Waals surface area contributed by atoms with Crippen molar-refractivity contribution in [2.75, 3.05) is 19.0 Å². The van der Waals surface area contributed by atoms with Crippen LogP contribution in [0.3, 0.4) is 0 Å². The average molecular weight is 497 g/mol. The van der Waals surface area contributed by atoms with Gasteiger partial charge < -0.3 is 15.0 Å². The number of nitrogens with one attached hydrogen (secondary N) is 4. The van der Waals surface area contributed by atoms with Crippen LogP contribution < -0.4 is 20.9 Å². The van der Waals surface area contributed by atoms with Gasteiger partial charge in [0.25, 0.3) is 5.56 Å². The van der Waals surface area contributed by atoms with Gasteiger partial charge >= 0.3 is 6.03 Å². The Bertz CT molecular complexity index is 1710. The number of carbonyl (C=O) groups is 2. The standard InChI is InChI=1S/C27H24N6O4/c1-3-28-27(36)31-26-29-21-9-8-16(13-23(21)30-26)20-11-15(10-17(14-34)24(20)37-2)12-22-18-6-4-5-7-19(18)25(35)33-32-22/h4-11,13-14H,3,12H2,1-2H3,(H,33,35)(H3,28,29,30,31,36). The lowest BCUT2D eigenvalue weighted by molar-refractivity contribution is 0.112. The summed E-state index contributed by atoms with van der Waals surface area (Å²) < 4.78 is 5.62. The molecule has 186 valence electrons. The zero-order chi connectivity index (χ0) is 25.9. The van der Waals surface area contributed by atoms with E-state index in [9.17, 15) is 14.4 Å². The van der Waals surface area contributed by atoms with Gasteiger partial charge in [0, 0.05) is 23.9 Å². The van der Waals surface area contributed by atoms with Crippen LogP contribution in [0.25, 0.3) is 32.9 Å². The highest BCUT2D eigenvalue weighted by molar-refractivity contribution is 5.92. The summed E-state index contributed by atoms with van der Waals surface area (Å²) in [6.07, 6.45) is 1.14. The first kappa shape index (κ1) is 23.7. The van der Waals surface area contributed by atoms with Gasteiger partial charge in [-0.15, -0.1) is 0 Å². The van der Waals surface area contributed by atoms with Gasteiger partial charge in [-0.1, -0.05) is 24.3 Å². The molecule has 0 aliphatic heterocycles. The van der Waals surface area contributed by atoms with E-state index in [1.165, 1.54) is 7.11 Å². The first-order valence-corrected chi connectivity index (χ1v) is 11.7. The number of H-pyrrole nitrogens is 2. The van der Waals surface area contributed by atoms with Gasteiger partial charge in [-0.25, -0.2) is 14.9 Å². The second-order valence-corrected chi connectivity index (χ2v) is 8.41. The van der Waals surface area contributed by atoms with Gasteiger partial charge in [-0.3, -0.25) is 14.9 Å². The van der Waals surface area contributed by atoms with E-state index in [2.05, 4.69) is 30.8 Å². The number of ether oxygens (including phenoxy) is 1. The van der Waals surface area contributed by atoms with Crippen molar-refractivity contribution < 1.29 is 14.3 Å². The van der Waals surface area contributed by atoms with Crippen molar-refractivity contribution in [3.8, 4) is 16.9 Å². The quantitative estimate of drug-likeness (QED) is 0.251. The molecule has 5 aromatic rings. The molecule has 4 N–H and O–H groups in total. The number of carbonyl (C=O) groups excluding carboxylic acids is 2. The van der Waals surface area contributed by atoms with Crippen LogP contribution >= 0.6 is 0 Å². The van der Waals surface area contributed by atoms with Gasteiger partial charge in [0.1, 0.15) is 5.75 Å². The number of aromatic amines is 2. The number of amides is 2. The number of nitrogens with zero attached hydrogens (tertiary/aromatic N) is 2. The van der Waals surface area contributed by atoms with Crippen molar-refractivity contribution in [1.82, 2.24) is 25.5 Å². The number of aldehydes is 1. The monoisotopic (exact) mass is 496 g/mol. The molecule has 5 rings (SSSR count). The first-order valence-electron chi connectivity index (χ1n) is 11.7. The third-order valence-electron chi connectivity index (χ3n) is 6.02. The summed E-state index contributed by atoms with van der Waals surface area (Å²) in [5, 5.41) is 13.5. The van der Waals surface area contributed by atoms with Crippen LogP contribution in [0.15, 0.2) is 59.4 Å². The van der Waals surface area contributed by atoms with E-state index in [1.54, 1.807) is 18.2 Å². The topological polar surface area (TPSA) is 142 Å². The maximum atomic E-state index is 12.2. The number of anilines is 1. The Balaban J connectivity index is 1.57. The van der Waals surface area contributed by atoms with Crippen LogP contribution in [0.2, 0.25) is 0 Å². The van der Waals surface area contributed by atoms with Gasteiger partial charge in [-0.2, -0.15) is 5.10 Å². The van der Waals surface area contributed by atoms with Gasteiger partial charge in [-0.05, 0) is 48.4 Å². The van der Waals surface area contributed by atoms with E-state index in [1.807, 2.05) is 43.3 Å². The predicted molar refractivity (Wildman–Crippen MR) is 141 cm³/mol. The van der Waals surface area contributed by atoms with Crippen LogP contribution in [0.4, 0.5) is 10.7 Å². The summed E-state index contributed by atoms with van der Waals surface area (Å²) in [7, 11) is 1.52. The number of methoxy groups -OCH3 is 1. The minimum Gasteiger partial charge on any atom is -0.495 e. The number of urea groups is 1. The van der Waals surface area contributed by atoms with Gasteiger partial charge in [0.05, 0.1) is 34.8 Å². The van der Waals surface area contributed by atoms with Crippen molar-refractivity contribution in [2.45, 2.75) is 13.3 Å². The number of hydrogen-bond donors (Lipinski definition) is 4. The summed E-state index contributed by atoms with van der Waals surface area (Å²) in [4.78, 5) is 43.6. The Morgan fingerprint density at radius 3 is 2.68 bits per heavy atom. The molecular formula is C27H24N6O4. The highest BCUT2D eigenvalue weighted by Gasteiger charge is 2.16. The van der Waals surface area contributed by atoms with Crippen molar-refractivity contribution in [3.63, 3.8) is 0 Å². The number of imidazole rings is 1. The smallest absolute Gasteiger partial charge is 0.321 e. The van der Waals surface area contributed by atoms with E-state index in [0.717, 1.165) is 28.3 Å². The zero-order valence-electron chi connectivity index (χ0n) is 20.2. The molecule has 0 radical (unpaired) electrons. The van der Waals surface area contributed by atoms with Gasteiger partial charge in [0.2, 0.25) is 5.95 Å². The van der Waals surface area contributed by atoms with Crippen LogP contribution in [0.1, 0.15) is 28.5 Å². The average Bonchev–Trinajstić information content (AvgIpc) is 3.31. The Labute approximate surface area is 211 Å². The molecule has 0 saturated carbocycles. The lowest BCUT2D eigenvalue weighted by atomic mass is 9.95. The van der Waals surface area contributed by atoms with Crippen molar-refractivity contribution in [1.29, 1.82) is 0 Å². The second-order valence-electron chi connectivity index (χ2n) is 8.41. The van der Waals surface area contributed by atoms with E-state index < -0.39 is 0 Å². The maximum absolute atomic E-state index is 12.2. The normalized spacial score (nSPS) is 11.0. The van der Waals surface area contributed by atoms with E-state index in [4.69, 9.17) is 4.74 Å². The molecule has 2 heterocycles. The molecule has 2 aromatic heterocycles. The molecule has 0 saturated heterocycles. The molecule has 0 spiro atoms. The summed E-state index contributed by atoms with van der Waals surface area (Å²) >= 11 is 0. The fraction of sp³-hybridized carbons (Fsp3) is 0.148. The highest BCUT2D eigenvalue weighted by atomic mass is 16.5. The third-order valence-corrected chi connectivity index (χ3v) is 6.02. The molecule has 0 atom stereocenters. The molecule has 0 bridgehead atoms. The molecule has 0 aliphatic rings. The van der Waals surface area contributed by atoms with Gasteiger partial charge in [0.15, 0.2) is 6.29 Å². The predicted octanol–water partition coefficient (Wildman–Crippen LogP) is 4.02. The van der Waals surface area contributed by atoms with E-state index in [0.29, 0.717) is 52.4 Å². The SMILES string of the molecule is CCNC(=O)Nc1nc2cc(-c3cc(Cc4n[nH]c(=O)c5ccccc45)cc(C=O)c3OC)ccc2[nH]1. The largest absolute Gasteiger partial charge is 0.495 e. The van der Waals surface area contributed by atoms with Crippen LogP contribution in [0.5, 0.6) is 5.75 Å². The number of aromatic nitrogens is 4. The Hall–Kier alpha value is -4.99. The lowest BCUT2D eigenvalue weighted by Crippen LogP contribution is -2.28. The Morgan fingerprint density at radius 1 is 1.11 bits per heavy atom. The maximum Gasteiger partial charge on any atom is 0.321 e. The lowest BCUT2D eigenvalue weighted by Gasteiger charge is -2.14. The Morgan fingerprint density at radius 2 is 1.92 bits per heavy atom. The molecular weight excluding hydrogens is 472 g/mol. The van der Waals surface area contributed by atoms with Crippen LogP contribution in [0, 0.1) is 0 Å². The first-order chi connectivity index (χ1) is 18.0. The number of fused-ring (bicyclic) bond motifs is 2. The molecule has 10 nitrogen and oxygen atoms in total. The fourth-order valence-corrected chi connectivity index (χ4v) is 4.39. The highest BCUT2D eigenvalue weighted by Crippen LogP contribution is 2.36. The molecule has 0 fully saturated rings. The summed E-state index contributed by atoms with van der Waals surface area (Å²) in [5.74, 6) is 0.761. The van der Waals surface area contributed by atoms with E-state index >= 15 is 0 Å². The number of rotatable bonds is 7. The van der Waals surface area contributed by atoms with Crippen LogP contribution in [-0.4, -0.2) is 46.1 Å². The second kappa shape index (κ2) is 9.94. The molecule has 0 aliphatic carbocycles. The van der Waals surface area contributed by atoms with Crippen LogP contribution in [-0.2, 0) is 6.42 Å². The summed E-state index contributed by atoms with van der Waals surface area (Å²) in [6.45, 7) is 2.32. The molecule has 2 amide bonds. The molecule has 37 heavy (non-hydrogen) atoms. The Kier molecular flexibility index (Phi) is 6.38. The van der Waals surface area contributed by atoms with Crippen molar-refractivity contribution >= 4 is 40.1 Å². The van der Waals surface area contributed by atoms with E-state index in [-0.39, 0.29) is 11.6 Å². The number of hydrogen-bond acceptors (Lipinski definition) is 6. The molecule has 3 aromatic carbocycles. The number of benzene rings is 3. The van der Waals surface area contributed by atoms with Crippen molar-refractivity contribution in [2.24, 2.45) is 0 Å². The molecule has 10 heteroatoms. The summed E-state index contributed by atoms with van der Waals surface area (Å²) in [6, 6.07) is 16.2. The fourth-order valence-electron chi connectivity index (χ4n) is 4.39. The molecule has 0 unspecified atom stereocenters. The third kappa shape index (κ3) is 4.64. The summed E-state index contributed by atoms with van der Waals surface area (Å²) in [5.41, 5.74) is 4.52. The zero-order valence-corrected chi connectivity index (χ0v) is 20.2. The minimum atomic E-state index is -0.352. The van der Waals surface area contributed by atoms with Crippen molar-refractivity contribution in [3.05, 3.63) is 81.8 Å². The minimum absolute atomic E-state index is 0.253.